The highest BCUT2D eigenvalue weighted by atomic mass is 32.2. The minimum absolute atomic E-state index is 0.000115. The Morgan fingerprint density at radius 2 is 1.86 bits per heavy atom. The van der Waals surface area contributed by atoms with Crippen LogP contribution in [0.5, 0.6) is 0 Å². The molecule has 226 valence electrons. The third-order valence-electron chi connectivity index (χ3n) is 7.57. The number of rotatable bonds is 8. The smallest absolute Gasteiger partial charge is 0.339 e. The van der Waals surface area contributed by atoms with Gasteiger partial charge in [-0.1, -0.05) is 30.3 Å². The van der Waals surface area contributed by atoms with E-state index in [4.69, 9.17) is 10.6 Å². The molecule has 2 aliphatic heterocycles. The van der Waals surface area contributed by atoms with Gasteiger partial charge in [0.15, 0.2) is 0 Å². The highest BCUT2D eigenvalue weighted by Crippen LogP contribution is 2.37. The number of anilines is 3. The summed E-state index contributed by atoms with van der Waals surface area (Å²) < 4.78 is 29.0. The van der Waals surface area contributed by atoms with E-state index in [9.17, 15) is 27.9 Å². The molecule has 2 aromatic carbocycles. The summed E-state index contributed by atoms with van der Waals surface area (Å²) in [6, 6.07) is 13.4. The molecule has 1 atom stereocenters. The maximum absolute atomic E-state index is 13.5. The highest BCUT2D eigenvalue weighted by molar-refractivity contribution is 7.91. The van der Waals surface area contributed by atoms with E-state index in [2.05, 4.69) is 20.6 Å². The number of nitrogens with zero attached hydrogens (tertiary/aromatic N) is 3. The van der Waals surface area contributed by atoms with Crippen LogP contribution in [-0.2, 0) is 25.0 Å². The number of benzene rings is 2. The predicted octanol–water partition coefficient (Wildman–Crippen LogP) is 2.44. The molecule has 1 aromatic heterocycles. The summed E-state index contributed by atoms with van der Waals surface area (Å²) in [4.78, 5) is 47.5. The Labute approximate surface area is 248 Å². The molecule has 5 N–H and O–H groups in total. The van der Waals surface area contributed by atoms with Crippen LogP contribution in [0, 0.1) is 5.92 Å². The number of hydrogen-bond donors (Lipinski definition) is 4. The number of amides is 2. The zero-order chi connectivity index (χ0) is 30.9. The summed E-state index contributed by atoms with van der Waals surface area (Å²) in [5, 5.41) is 16.8. The van der Waals surface area contributed by atoms with Gasteiger partial charge in [0, 0.05) is 23.4 Å². The average Bonchev–Trinajstić information content (AvgIpc) is 3.22. The van der Waals surface area contributed by atoms with Gasteiger partial charge in [-0.2, -0.15) is 4.98 Å². The fraction of sp³-hybridized carbons (Fsp3) is 0.345. The number of aliphatic hydroxyl groups excluding tert-OH is 1. The van der Waals surface area contributed by atoms with Crippen LogP contribution >= 0.6 is 0 Å². The first kappa shape index (κ1) is 30.1. The van der Waals surface area contributed by atoms with Crippen LogP contribution in [-0.4, -0.2) is 64.4 Å². The molecular weight excluding hydrogens is 576 g/mol. The molecule has 1 saturated heterocycles. The molecule has 5 rings (SSSR count). The van der Waals surface area contributed by atoms with Gasteiger partial charge >= 0.3 is 5.97 Å². The van der Waals surface area contributed by atoms with Gasteiger partial charge in [0.25, 0.3) is 5.91 Å². The molecule has 3 heterocycles. The number of carbonyl (C=O) groups is 3. The molecule has 1 unspecified atom stereocenters. The van der Waals surface area contributed by atoms with Gasteiger partial charge in [-0.25, -0.2) is 29.0 Å². The summed E-state index contributed by atoms with van der Waals surface area (Å²) in [6.45, 7) is 3.22. The number of cyclic esters (lactones) is 1. The van der Waals surface area contributed by atoms with Crippen molar-refractivity contribution in [3.63, 3.8) is 0 Å². The fourth-order valence-electron chi connectivity index (χ4n) is 5.13. The number of carbonyl (C=O) groups excluding carboxylic acids is 3. The van der Waals surface area contributed by atoms with Gasteiger partial charge in [0.05, 0.1) is 29.7 Å². The van der Waals surface area contributed by atoms with Crippen LogP contribution in [0.15, 0.2) is 54.7 Å². The monoisotopic (exact) mass is 608 g/mol. The quantitative estimate of drug-likeness (QED) is 0.0961. The van der Waals surface area contributed by atoms with Crippen molar-refractivity contribution >= 4 is 45.1 Å². The molecule has 0 aliphatic carbocycles. The van der Waals surface area contributed by atoms with E-state index in [-0.39, 0.29) is 48.3 Å². The molecule has 1 fully saturated rings. The summed E-state index contributed by atoms with van der Waals surface area (Å²) in [5.74, 6) is 3.02. The Kier molecular flexibility index (Phi) is 8.18. The number of hydrazine groups is 1. The molecule has 13 nitrogen and oxygen atoms in total. The Balaban J connectivity index is 1.45. The lowest BCUT2D eigenvalue weighted by Gasteiger charge is -2.26. The molecule has 0 bridgehead atoms. The topological polar surface area (TPSA) is 194 Å². The number of sulfone groups is 1. The van der Waals surface area contributed by atoms with Crippen molar-refractivity contribution in [1.82, 2.24) is 15.0 Å². The number of ether oxygens (including phenoxy) is 1. The summed E-state index contributed by atoms with van der Waals surface area (Å²) in [7, 11) is -3.22. The second-order valence-electron chi connectivity index (χ2n) is 11.0. The van der Waals surface area contributed by atoms with Gasteiger partial charge < -0.3 is 20.5 Å². The number of nitrogens with one attached hydrogen (secondary N) is 2. The SMILES string of the molecule is CC1(C)OC(=O)c2ccc(Nc3ncc(C(=O)N(N)C(=O)C4CCS(=O)(=O)CC4)c(NC(CO)c4ccccc4)n3)cc21. The van der Waals surface area contributed by atoms with Gasteiger partial charge in [-0.05, 0) is 50.5 Å². The maximum atomic E-state index is 13.5. The van der Waals surface area contributed by atoms with Crippen molar-refractivity contribution in [3.05, 3.63) is 77.0 Å². The van der Waals surface area contributed by atoms with Crippen molar-refractivity contribution < 1.29 is 32.6 Å². The second-order valence-corrected chi connectivity index (χ2v) is 13.3. The first-order valence-electron chi connectivity index (χ1n) is 13.7. The molecule has 3 aromatic rings. The van der Waals surface area contributed by atoms with E-state index in [1.54, 1.807) is 56.3 Å². The van der Waals surface area contributed by atoms with Crippen LogP contribution in [0.3, 0.4) is 0 Å². The third kappa shape index (κ3) is 6.35. The molecule has 43 heavy (non-hydrogen) atoms. The van der Waals surface area contributed by atoms with Crippen molar-refractivity contribution in [2.24, 2.45) is 11.8 Å². The predicted molar refractivity (Wildman–Crippen MR) is 157 cm³/mol. The molecule has 14 heteroatoms. The molecule has 2 amide bonds. The van der Waals surface area contributed by atoms with Gasteiger partial charge in [0.1, 0.15) is 26.8 Å². The fourth-order valence-corrected chi connectivity index (χ4v) is 6.62. The minimum atomic E-state index is -3.22. The van der Waals surface area contributed by atoms with Gasteiger partial charge in [0.2, 0.25) is 11.9 Å². The van der Waals surface area contributed by atoms with Crippen LogP contribution < -0.4 is 16.5 Å². The first-order chi connectivity index (χ1) is 20.4. The van der Waals surface area contributed by atoms with E-state index in [1.807, 2.05) is 6.07 Å². The summed E-state index contributed by atoms with van der Waals surface area (Å²) in [6.07, 6.45) is 1.35. The van der Waals surface area contributed by atoms with E-state index in [0.29, 0.717) is 27.4 Å². The Hall–Kier alpha value is -4.40. The zero-order valence-corrected chi connectivity index (χ0v) is 24.4. The van der Waals surface area contributed by atoms with Gasteiger partial charge in [-0.3, -0.25) is 9.59 Å². The number of esters is 1. The molecular formula is C29H32N6O7S. The van der Waals surface area contributed by atoms with Crippen molar-refractivity contribution in [2.45, 2.75) is 38.3 Å². The average molecular weight is 609 g/mol. The molecule has 0 saturated carbocycles. The normalized spacial score (nSPS) is 17.8. The lowest BCUT2D eigenvalue weighted by atomic mass is 9.95. The number of aliphatic hydroxyl groups is 1. The lowest BCUT2D eigenvalue weighted by molar-refractivity contribution is -0.133. The number of imide groups is 1. The summed E-state index contributed by atoms with van der Waals surface area (Å²) >= 11 is 0. The first-order valence-corrected chi connectivity index (χ1v) is 15.5. The lowest BCUT2D eigenvalue weighted by Crippen LogP contribution is -2.47. The zero-order valence-electron chi connectivity index (χ0n) is 23.6. The second kappa shape index (κ2) is 11.7. The third-order valence-corrected chi connectivity index (χ3v) is 9.28. The summed E-state index contributed by atoms with van der Waals surface area (Å²) in [5.41, 5.74) is 1.46. The van der Waals surface area contributed by atoms with E-state index in [0.717, 1.165) is 0 Å². The van der Waals surface area contributed by atoms with Crippen LogP contribution in [0.25, 0.3) is 0 Å². The Morgan fingerprint density at radius 1 is 1.16 bits per heavy atom. The van der Waals surface area contributed by atoms with Crippen molar-refractivity contribution in [1.29, 1.82) is 0 Å². The highest BCUT2D eigenvalue weighted by Gasteiger charge is 2.38. The number of aromatic nitrogens is 2. The van der Waals surface area contributed by atoms with Crippen LogP contribution in [0.1, 0.15) is 64.6 Å². The van der Waals surface area contributed by atoms with Gasteiger partial charge in [-0.15, -0.1) is 0 Å². The number of nitrogens with two attached hydrogens (primary N) is 1. The minimum Gasteiger partial charge on any atom is -0.451 e. The number of fused-ring (bicyclic) bond motifs is 1. The Bertz CT molecular complexity index is 1670. The molecule has 0 spiro atoms. The maximum Gasteiger partial charge on any atom is 0.339 e. The van der Waals surface area contributed by atoms with Crippen LogP contribution in [0.4, 0.5) is 17.5 Å². The van der Waals surface area contributed by atoms with E-state index in [1.165, 1.54) is 6.20 Å². The van der Waals surface area contributed by atoms with Crippen molar-refractivity contribution in [3.8, 4) is 0 Å². The molecule has 2 aliphatic rings. The largest absolute Gasteiger partial charge is 0.451 e. The molecule has 0 radical (unpaired) electrons. The van der Waals surface area contributed by atoms with Crippen LogP contribution in [0.2, 0.25) is 0 Å². The van der Waals surface area contributed by atoms with E-state index < -0.39 is 45.2 Å². The van der Waals surface area contributed by atoms with Crippen molar-refractivity contribution in [2.75, 3.05) is 28.7 Å². The standard InChI is InChI=1S/C29H32N6O7S/c1-29(2)22-14-19(8-9-20(22)27(39)42-29)32-28-31-15-21(24(34-28)33-23(16-36)17-6-4-3-5-7-17)26(38)35(30)25(37)18-10-12-43(40,41)13-11-18/h3-9,14-15,18,23,36H,10-13,16,30H2,1-2H3,(H2,31,32,33,34). The number of hydrogen-bond acceptors (Lipinski definition) is 12. The Morgan fingerprint density at radius 3 is 2.53 bits per heavy atom. The van der Waals surface area contributed by atoms with E-state index >= 15 is 0 Å².